The third-order valence-electron chi connectivity index (χ3n) is 3.02. The van der Waals surface area contributed by atoms with Crippen molar-refractivity contribution in [3.05, 3.63) is 0 Å². The number of ether oxygens (including phenoxy) is 2. The van der Waals surface area contributed by atoms with Gasteiger partial charge in [-0.05, 0) is 20.3 Å². The molecule has 1 saturated heterocycles. The Bertz CT molecular complexity index is 193. The molecule has 0 aromatic rings. The van der Waals surface area contributed by atoms with Gasteiger partial charge in [0, 0.05) is 6.42 Å². The number of carbonyl (C=O) groups is 1. The summed E-state index contributed by atoms with van der Waals surface area (Å²) in [5, 5.41) is 0. The first-order valence-electron chi connectivity index (χ1n) is 5.93. The zero-order valence-corrected chi connectivity index (χ0v) is 9.99. The zero-order valence-electron chi connectivity index (χ0n) is 9.99. The summed E-state index contributed by atoms with van der Waals surface area (Å²) in [7, 11) is 0. The molecular formula is C12H22O3. The molecule has 0 bridgehead atoms. The minimum atomic E-state index is -0.629. The minimum absolute atomic E-state index is 0.0894. The Morgan fingerprint density at radius 3 is 2.27 bits per heavy atom. The van der Waals surface area contributed by atoms with Gasteiger partial charge in [-0.1, -0.05) is 19.8 Å². The normalized spacial score (nSPS) is 29.3. The maximum atomic E-state index is 10.7. The maximum absolute atomic E-state index is 10.7. The van der Waals surface area contributed by atoms with Crippen LogP contribution in [0.1, 0.15) is 52.9 Å². The second-order valence-corrected chi connectivity index (χ2v) is 4.38. The number of hydrogen-bond acceptors (Lipinski definition) is 3. The van der Waals surface area contributed by atoms with Crippen LogP contribution in [0.15, 0.2) is 0 Å². The standard InChI is InChI=1S/C12H22O3/c1-4-5-6-7-12(8-9-13)14-10(2)11(3)15-12/h9-11H,4-8H2,1-3H3/t10-,11-/m0/s1. The molecule has 1 aliphatic heterocycles. The zero-order chi connectivity index (χ0) is 11.3. The molecule has 1 fully saturated rings. The molecule has 1 heterocycles. The van der Waals surface area contributed by atoms with E-state index in [1.165, 1.54) is 6.42 Å². The van der Waals surface area contributed by atoms with Crippen LogP contribution >= 0.6 is 0 Å². The summed E-state index contributed by atoms with van der Waals surface area (Å²) in [6, 6.07) is 0. The highest BCUT2D eigenvalue weighted by molar-refractivity contribution is 5.51. The molecule has 0 aromatic heterocycles. The second kappa shape index (κ2) is 5.61. The number of rotatable bonds is 6. The van der Waals surface area contributed by atoms with Crippen molar-refractivity contribution in [1.29, 1.82) is 0 Å². The average Bonchev–Trinajstić information content (AvgIpc) is 2.44. The van der Waals surface area contributed by atoms with Gasteiger partial charge in [-0.2, -0.15) is 0 Å². The summed E-state index contributed by atoms with van der Waals surface area (Å²) in [5.74, 6) is -0.629. The summed E-state index contributed by atoms with van der Waals surface area (Å²) in [6.45, 7) is 6.15. The van der Waals surface area contributed by atoms with Crippen molar-refractivity contribution in [1.82, 2.24) is 0 Å². The predicted molar refractivity (Wildman–Crippen MR) is 58.6 cm³/mol. The molecule has 0 aromatic carbocycles. The summed E-state index contributed by atoms with van der Waals surface area (Å²) in [4.78, 5) is 10.7. The molecule has 0 saturated carbocycles. The van der Waals surface area contributed by atoms with Gasteiger partial charge in [0.1, 0.15) is 6.29 Å². The molecule has 1 rings (SSSR count). The number of carbonyl (C=O) groups excluding carboxylic acids is 1. The van der Waals surface area contributed by atoms with E-state index in [1.54, 1.807) is 0 Å². The Morgan fingerprint density at radius 2 is 1.80 bits per heavy atom. The van der Waals surface area contributed by atoms with Gasteiger partial charge in [-0.25, -0.2) is 0 Å². The molecule has 0 unspecified atom stereocenters. The van der Waals surface area contributed by atoms with Crippen LogP contribution in [0, 0.1) is 0 Å². The Morgan fingerprint density at radius 1 is 1.20 bits per heavy atom. The minimum Gasteiger partial charge on any atom is -0.344 e. The van der Waals surface area contributed by atoms with E-state index >= 15 is 0 Å². The van der Waals surface area contributed by atoms with Crippen molar-refractivity contribution in [2.24, 2.45) is 0 Å². The van der Waals surface area contributed by atoms with E-state index in [-0.39, 0.29) is 12.2 Å². The van der Waals surface area contributed by atoms with Crippen molar-refractivity contribution in [3.63, 3.8) is 0 Å². The lowest BCUT2D eigenvalue weighted by atomic mass is 10.1. The molecule has 0 amide bonds. The van der Waals surface area contributed by atoms with Crippen molar-refractivity contribution < 1.29 is 14.3 Å². The first kappa shape index (κ1) is 12.7. The van der Waals surface area contributed by atoms with Crippen LogP contribution < -0.4 is 0 Å². The molecule has 0 spiro atoms. The van der Waals surface area contributed by atoms with E-state index < -0.39 is 5.79 Å². The van der Waals surface area contributed by atoms with Crippen LogP contribution in [0.4, 0.5) is 0 Å². The number of hydrogen-bond donors (Lipinski definition) is 0. The van der Waals surface area contributed by atoms with Gasteiger partial charge in [-0.15, -0.1) is 0 Å². The highest BCUT2D eigenvalue weighted by Gasteiger charge is 2.42. The van der Waals surface area contributed by atoms with E-state index in [4.69, 9.17) is 9.47 Å². The van der Waals surface area contributed by atoms with E-state index in [1.807, 2.05) is 13.8 Å². The van der Waals surface area contributed by atoms with Crippen LogP contribution in [-0.2, 0) is 14.3 Å². The van der Waals surface area contributed by atoms with Crippen LogP contribution in [0.2, 0.25) is 0 Å². The van der Waals surface area contributed by atoms with Gasteiger partial charge in [0.15, 0.2) is 5.79 Å². The van der Waals surface area contributed by atoms with Gasteiger partial charge < -0.3 is 14.3 Å². The summed E-state index contributed by atoms with van der Waals surface area (Å²) >= 11 is 0. The SMILES string of the molecule is CCCCCC1(CC=O)O[C@@H](C)[C@H](C)O1. The fourth-order valence-corrected chi connectivity index (χ4v) is 1.98. The van der Waals surface area contributed by atoms with Gasteiger partial charge in [0.2, 0.25) is 0 Å². The van der Waals surface area contributed by atoms with Gasteiger partial charge >= 0.3 is 0 Å². The molecule has 1 aliphatic rings. The molecule has 15 heavy (non-hydrogen) atoms. The van der Waals surface area contributed by atoms with Crippen LogP contribution in [-0.4, -0.2) is 24.3 Å². The highest BCUT2D eigenvalue weighted by Crippen LogP contribution is 2.35. The summed E-state index contributed by atoms with van der Waals surface area (Å²) in [6.07, 6.45) is 5.65. The Balaban J connectivity index is 2.51. The lowest BCUT2D eigenvalue weighted by Crippen LogP contribution is -2.31. The Hall–Kier alpha value is -0.410. The smallest absolute Gasteiger partial charge is 0.175 e. The van der Waals surface area contributed by atoms with Crippen molar-refractivity contribution in [2.75, 3.05) is 0 Å². The second-order valence-electron chi connectivity index (χ2n) is 4.38. The van der Waals surface area contributed by atoms with E-state index in [2.05, 4.69) is 6.92 Å². The number of unbranched alkanes of at least 4 members (excludes halogenated alkanes) is 2. The highest BCUT2D eigenvalue weighted by atomic mass is 16.8. The predicted octanol–water partition coefficient (Wildman–Crippen LogP) is 2.68. The molecular weight excluding hydrogens is 192 g/mol. The first-order valence-corrected chi connectivity index (χ1v) is 5.93. The first-order chi connectivity index (χ1) is 7.13. The van der Waals surface area contributed by atoms with Crippen molar-refractivity contribution in [2.45, 2.75) is 70.9 Å². The van der Waals surface area contributed by atoms with Crippen LogP contribution in [0.5, 0.6) is 0 Å². The van der Waals surface area contributed by atoms with Crippen LogP contribution in [0.25, 0.3) is 0 Å². The molecule has 88 valence electrons. The topological polar surface area (TPSA) is 35.5 Å². The largest absolute Gasteiger partial charge is 0.344 e. The van der Waals surface area contributed by atoms with E-state index in [0.29, 0.717) is 6.42 Å². The summed E-state index contributed by atoms with van der Waals surface area (Å²) < 4.78 is 11.6. The van der Waals surface area contributed by atoms with Gasteiger partial charge in [-0.3, -0.25) is 0 Å². The lowest BCUT2D eigenvalue weighted by molar-refractivity contribution is -0.181. The molecule has 0 aliphatic carbocycles. The average molecular weight is 214 g/mol. The maximum Gasteiger partial charge on any atom is 0.175 e. The van der Waals surface area contributed by atoms with Crippen LogP contribution in [0.3, 0.4) is 0 Å². The van der Waals surface area contributed by atoms with E-state index in [0.717, 1.165) is 25.5 Å². The molecule has 3 heteroatoms. The van der Waals surface area contributed by atoms with Crippen molar-refractivity contribution >= 4 is 6.29 Å². The molecule has 0 N–H and O–H groups in total. The van der Waals surface area contributed by atoms with Gasteiger partial charge in [0.25, 0.3) is 0 Å². The molecule has 3 nitrogen and oxygen atoms in total. The lowest BCUT2D eigenvalue weighted by Gasteiger charge is -2.26. The van der Waals surface area contributed by atoms with E-state index in [9.17, 15) is 4.79 Å². The monoisotopic (exact) mass is 214 g/mol. The molecule has 2 atom stereocenters. The summed E-state index contributed by atoms with van der Waals surface area (Å²) in [5.41, 5.74) is 0. The van der Waals surface area contributed by atoms with Crippen molar-refractivity contribution in [3.8, 4) is 0 Å². The fraction of sp³-hybridized carbons (Fsp3) is 0.917. The fourth-order valence-electron chi connectivity index (χ4n) is 1.98. The number of aldehydes is 1. The third kappa shape index (κ3) is 3.28. The Kier molecular flexibility index (Phi) is 4.74. The molecule has 0 radical (unpaired) electrons. The third-order valence-corrected chi connectivity index (χ3v) is 3.02. The Labute approximate surface area is 92.1 Å². The quantitative estimate of drug-likeness (QED) is 0.503. The van der Waals surface area contributed by atoms with Gasteiger partial charge in [0.05, 0.1) is 18.6 Å².